The van der Waals surface area contributed by atoms with Crippen molar-refractivity contribution in [1.82, 2.24) is 4.98 Å². The predicted molar refractivity (Wildman–Crippen MR) is 125 cm³/mol. The summed E-state index contributed by atoms with van der Waals surface area (Å²) in [6, 6.07) is 21.6. The van der Waals surface area contributed by atoms with E-state index >= 15 is 0 Å². The third-order valence-corrected chi connectivity index (χ3v) is 8.08. The normalized spacial score (nSPS) is 14.7. The summed E-state index contributed by atoms with van der Waals surface area (Å²) in [4.78, 5) is 3.93. The number of nitrogens with one attached hydrogen (secondary N) is 1. The summed E-state index contributed by atoms with van der Waals surface area (Å²) in [7, 11) is 8.12. The van der Waals surface area contributed by atoms with Crippen LogP contribution in [0, 0.1) is 0 Å². The van der Waals surface area contributed by atoms with Crippen LogP contribution in [0.1, 0.15) is 31.9 Å². The second-order valence-electron chi connectivity index (χ2n) is 8.59. The van der Waals surface area contributed by atoms with Gasteiger partial charge in [0, 0.05) is 11.1 Å². The van der Waals surface area contributed by atoms with Gasteiger partial charge in [0.2, 0.25) is 0 Å². The average Bonchev–Trinajstić information content (AvgIpc) is 3.08. The number of hydrogen-bond acceptors (Lipinski definition) is 1. The molecule has 0 radical (unpaired) electrons. The summed E-state index contributed by atoms with van der Waals surface area (Å²) in [5.74, 6) is 0. The van der Waals surface area contributed by atoms with Gasteiger partial charge in [-0.25, -0.2) is 0 Å². The van der Waals surface area contributed by atoms with E-state index in [1.807, 2.05) is 0 Å². The van der Waals surface area contributed by atoms with Crippen LogP contribution in [-0.4, -0.2) is 13.8 Å². The van der Waals surface area contributed by atoms with Crippen LogP contribution >= 0.6 is 18.6 Å². The summed E-state index contributed by atoms with van der Waals surface area (Å²) in [6.07, 6.45) is 4.98. The maximum atomic E-state index is 4.89. The number of halogens is 2. The Morgan fingerprint density at radius 3 is 1.46 bits per heavy atom. The van der Waals surface area contributed by atoms with Gasteiger partial charge >= 0.3 is 35.6 Å². The molecule has 0 bridgehead atoms. The zero-order valence-electron chi connectivity index (χ0n) is 17.3. The maximum absolute atomic E-state index is 4.89. The molecule has 0 atom stereocenters. The second-order valence-corrected chi connectivity index (χ2v) is 15.5. The van der Waals surface area contributed by atoms with Crippen molar-refractivity contribution in [2.24, 2.45) is 0 Å². The summed E-state index contributed by atoms with van der Waals surface area (Å²) in [5, 5.41) is 0. The molecule has 0 fully saturated rings. The van der Waals surface area contributed by atoms with E-state index in [0.717, 1.165) is 0 Å². The molecule has 0 spiro atoms. The van der Waals surface area contributed by atoms with Crippen molar-refractivity contribution in [3.63, 3.8) is 0 Å². The van der Waals surface area contributed by atoms with E-state index < -0.39 is 25.3 Å². The molecule has 0 saturated carbocycles. The first-order valence-electron chi connectivity index (χ1n) is 9.48. The van der Waals surface area contributed by atoms with Crippen LogP contribution in [0.3, 0.4) is 0 Å². The van der Waals surface area contributed by atoms with Gasteiger partial charge in [-0.05, 0) is 43.0 Å². The number of allylic oxidation sites excluding steroid dienone is 4. The summed E-state index contributed by atoms with van der Waals surface area (Å²) in [5.41, 5.74) is 5.97. The molecule has 0 heterocycles. The number of hydrogen-bond donors (Lipinski definition) is 1. The molecule has 0 aliphatic heterocycles. The third kappa shape index (κ3) is 6.73. The van der Waals surface area contributed by atoms with Crippen LogP contribution in [0.25, 0.3) is 11.1 Å². The monoisotopic (exact) mass is 465 g/mol. The van der Waals surface area contributed by atoms with Crippen LogP contribution in [0.15, 0.2) is 72.8 Å². The van der Waals surface area contributed by atoms with Crippen molar-refractivity contribution in [2.75, 3.05) is 0 Å². The Bertz CT molecular complexity index is 756. The Kier molecular flexibility index (Phi) is 8.82. The Morgan fingerprint density at radius 2 is 1.14 bits per heavy atom. The fourth-order valence-electron chi connectivity index (χ4n) is 3.79. The molecule has 1 N–H and O–H groups in total. The van der Waals surface area contributed by atoms with Crippen LogP contribution in [0.2, 0.25) is 18.6 Å². The second kappa shape index (κ2) is 10.4. The van der Waals surface area contributed by atoms with Gasteiger partial charge in [-0.1, -0.05) is 85.9 Å². The Balaban J connectivity index is 0.000000878. The minimum atomic E-state index is -1.66. The van der Waals surface area contributed by atoms with E-state index in [-0.39, 0.29) is 5.54 Å². The summed E-state index contributed by atoms with van der Waals surface area (Å²) in [6.45, 7) is 11.7. The van der Waals surface area contributed by atoms with Gasteiger partial charge in [0.15, 0.2) is 0 Å². The van der Waals surface area contributed by atoms with Crippen LogP contribution in [-0.2, 0) is 17.0 Å². The molecular weight excluding hydrogens is 437 g/mol. The fraction of sp³-hybridized carbons (Fsp3) is 0.304. The quantitative estimate of drug-likeness (QED) is 0.460. The molecule has 1 aliphatic carbocycles. The Morgan fingerprint density at radius 1 is 0.786 bits per heavy atom. The van der Waals surface area contributed by atoms with E-state index in [2.05, 4.69) is 112 Å². The molecule has 148 valence electrons. The van der Waals surface area contributed by atoms with E-state index in [0.29, 0.717) is 5.54 Å². The van der Waals surface area contributed by atoms with Gasteiger partial charge in [-0.2, -0.15) is 0 Å². The van der Waals surface area contributed by atoms with Crippen molar-refractivity contribution in [1.29, 1.82) is 0 Å². The minimum absolute atomic E-state index is 0.139. The summed E-state index contributed by atoms with van der Waals surface area (Å²) < 4.78 is 0. The Labute approximate surface area is 188 Å². The first-order valence-corrected chi connectivity index (χ1v) is 16.9. The zero-order chi connectivity index (χ0) is 20.8. The van der Waals surface area contributed by atoms with E-state index in [1.165, 1.54) is 22.3 Å². The molecular formula is C23H29Cl2NSiTi. The van der Waals surface area contributed by atoms with E-state index in [1.54, 1.807) is 0 Å². The van der Waals surface area contributed by atoms with Crippen LogP contribution in [0.5, 0.6) is 0 Å². The number of rotatable bonds is 4. The SMILES string of the molecule is CC(C)(C)N[Si](C)(C)C1C=C(c2ccccc2)C(c2ccccc2)=C1.[Cl][Ti][Cl]. The first kappa shape index (κ1) is 23.7. The average molecular weight is 466 g/mol. The van der Waals surface area contributed by atoms with Crippen LogP contribution < -0.4 is 4.98 Å². The Hall–Kier alpha value is -0.609. The van der Waals surface area contributed by atoms with Gasteiger partial charge in [0.05, 0.1) is 0 Å². The van der Waals surface area contributed by atoms with Crippen molar-refractivity contribution < 1.29 is 17.0 Å². The molecule has 5 heteroatoms. The van der Waals surface area contributed by atoms with Crippen molar-refractivity contribution in [2.45, 2.75) is 44.9 Å². The van der Waals surface area contributed by atoms with E-state index in [4.69, 9.17) is 18.6 Å². The van der Waals surface area contributed by atoms with Gasteiger partial charge in [0.1, 0.15) is 8.24 Å². The van der Waals surface area contributed by atoms with Crippen LogP contribution in [0.4, 0.5) is 0 Å². The van der Waals surface area contributed by atoms with Gasteiger partial charge < -0.3 is 4.98 Å². The predicted octanol–water partition coefficient (Wildman–Crippen LogP) is 7.51. The summed E-state index contributed by atoms with van der Waals surface area (Å²) >= 11 is -0.556. The number of benzene rings is 2. The fourth-order valence-corrected chi connectivity index (χ4v) is 7.06. The van der Waals surface area contributed by atoms with Gasteiger partial charge in [-0.15, -0.1) is 0 Å². The van der Waals surface area contributed by atoms with Gasteiger partial charge in [-0.3, -0.25) is 0 Å². The molecule has 0 amide bonds. The molecule has 0 aromatic heterocycles. The van der Waals surface area contributed by atoms with Gasteiger partial charge in [0.25, 0.3) is 0 Å². The van der Waals surface area contributed by atoms with E-state index in [9.17, 15) is 0 Å². The van der Waals surface area contributed by atoms with Crippen molar-refractivity contribution >= 4 is 38.0 Å². The molecule has 1 nitrogen and oxygen atoms in total. The molecule has 0 saturated heterocycles. The molecule has 1 aliphatic rings. The first-order chi connectivity index (χ1) is 13.2. The van der Waals surface area contributed by atoms with Crippen molar-refractivity contribution in [3.8, 4) is 0 Å². The molecule has 2 aromatic rings. The topological polar surface area (TPSA) is 12.0 Å². The third-order valence-electron chi connectivity index (χ3n) is 4.68. The standard InChI is InChI=1S/C23H29NSi.2ClH.Ti/c1-23(2,3)24-25(4,5)20-16-21(18-12-8-6-9-13-18)22(17-20)19-14-10-7-11-15-19;;;/h6-17,20,24H,1-5H3;2*1H;/q;;;+2/p-2. The van der Waals surface area contributed by atoms with Crippen molar-refractivity contribution in [3.05, 3.63) is 83.9 Å². The molecule has 2 aromatic carbocycles. The molecule has 28 heavy (non-hydrogen) atoms. The zero-order valence-corrected chi connectivity index (χ0v) is 21.3. The molecule has 0 unspecified atom stereocenters. The molecule has 3 rings (SSSR count).